The van der Waals surface area contributed by atoms with Crippen LogP contribution in [0.5, 0.6) is 0 Å². The molecule has 2 aliphatic carbocycles. The van der Waals surface area contributed by atoms with Gasteiger partial charge in [0, 0.05) is 22.4 Å². The van der Waals surface area contributed by atoms with Crippen molar-refractivity contribution >= 4 is 0 Å². The summed E-state index contributed by atoms with van der Waals surface area (Å²) in [5.74, 6) is 0.780. The van der Waals surface area contributed by atoms with Crippen molar-refractivity contribution in [1.82, 2.24) is 0 Å². The standard InChI is InChI=1S/C10H18O.Ag/c1-9(2)7-4-5-10(9,3)8(11)6-7;/h7-8,11H,4-6H2,1-3H3;/t7-,8+,10-;/m1./s1. The van der Waals surface area contributed by atoms with Crippen LogP contribution < -0.4 is 0 Å². The van der Waals surface area contributed by atoms with Gasteiger partial charge in [0.25, 0.3) is 0 Å². The normalized spacial score (nSPS) is 49.0. The number of fused-ring (bicyclic) bond motifs is 2. The Labute approximate surface area is 90.4 Å². The molecule has 75 valence electrons. The first kappa shape index (κ1) is 10.8. The Bertz CT molecular complexity index is 190. The Morgan fingerprint density at radius 1 is 1.25 bits per heavy atom. The zero-order chi connectivity index (χ0) is 8.28. The predicted octanol–water partition coefficient (Wildman–Crippen LogP) is 2.19. The maximum Gasteiger partial charge on any atom is 0.0601 e. The molecular formula is C10H18AgO. The van der Waals surface area contributed by atoms with E-state index in [2.05, 4.69) is 20.8 Å². The molecule has 2 fully saturated rings. The minimum absolute atomic E-state index is 0. The first-order valence-corrected chi connectivity index (χ1v) is 4.66. The molecule has 2 heteroatoms. The van der Waals surface area contributed by atoms with Gasteiger partial charge in [-0.05, 0) is 36.0 Å². The van der Waals surface area contributed by atoms with E-state index in [1.165, 1.54) is 12.8 Å². The summed E-state index contributed by atoms with van der Waals surface area (Å²) in [6.45, 7) is 6.90. The first-order chi connectivity index (χ1) is 4.98. The van der Waals surface area contributed by atoms with Gasteiger partial charge in [-0.3, -0.25) is 0 Å². The van der Waals surface area contributed by atoms with Crippen molar-refractivity contribution in [3.8, 4) is 0 Å². The molecule has 0 aliphatic heterocycles. The molecule has 2 bridgehead atoms. The van der Waals surface area contributed by atoms with Crippen LogP contribution in [0, 0.1) is 16.7 Å². The van der Waals surface area contributed by atoms with Crippen molar-refractivity contribution in [1.29, 1.82) is 0 Å². The fourth-order valence-corrected chi connectivity index (χ4v) is 3.16. The third kappa shape index (κ3) is 1.00. The summed E-state index contributed by atoms with van der Waals surface area (Å²) in [5.41, 5.74) is 0.601. The molecule has 2 saturated carbocycles. The number of hydrogen-bond donors (Lipinski definition) is 1. The van der Waals surface area contributed by atoms with Crippen molar-refractivity contribution in [3.05, 3.63) is 0 Å². The van der Waals surface area contributed by atoms with E-state index in [9.17, 15) is 5.11 Å². The second-order valence-corrected chi connectivity index (χ2v) is 5.13. The molecule has 2 rings (SSSR count). The SMILES string of the molecule is CC1(C)[C@@H]2CC[C@]1(C)[C@@H](O)C2.[Ag]. The van der Waals surface area contributed by atoms with E-state index in [1.54, 1.807) is 0 Å². The van der Waals surface area contributed by atoms with E-state index < -0.39 is 0 Å². The van der Waals surface area contributed by atoms with Crippen LogP contribution in [0.3, 0.4) is 0 Å². The van der Waals surface area contributed by atoms with Gasteiger partial charge < -0.3 is 5.11 Å². The molecule has 2 aliphatic rings. The summed E-state index contributed by atoms with van der Waals surface area (Å²) in [5, 5.41) is 9.81. The van der Waals surface area contributed by atoms with Gasteiger partial charge in [-0.1, -0.05) is 20.8 Å². The Hall–Kier alpha value is 0.700. The minimum atomic E-state index is -0.0313. The maximum absolute atomic E-state index is 9.81. The number of rotatable bonds is 0. The van der Waals surface area contributed by atoms with Crippen molar-refractivity contribution in [3.63, 3.8) is 0 Å². The molecule has 12 heavy (non-hydrogen) atoms. The first-order valence-electron chi connectivity index (χ1n) is 4.66. The van der Waals surface area contributed by atoms with Crippen LogP contribution in [-0.4, -0.2) is 11.2 Å². The zero-order valence-electron chi connectivity index (χ0n) is 8.02. The Kier molecular flexibility index (Phi) is 2.56. The van der Waals surface area contributed by atoms with Gasteiger partial charge >= 0.3 is 0 Å². The van der Waals surface area contributed by atoms with E-state index in [4.69, 9.17) is 0 Å². The molecule has 0 spiro atoms. The minimum Gasteiger partial charge on any atom is -0.393 e. The second-order valence-electron chi connectivity index (χ2n) is 5.13. The molecule has 1 radical (unpaired) electrons. The Balaban J connectivity index is 0.000000720. The summed E-state index contributed by atoms with van der Waals surface area (Å²) >= 11 is 0. The van der Waals surface area contributed by atoms with E-state index in [1.807, 2.05) is 0 Å². The van der Waals surface area contributed by atoms with Crippen LogP contribution >= 0.6 is 0 Å². The number of aliphatic hydroxyl groups is 1. The van der Waals surface area contributed by atoms with Crippen LogP contribution in [0.1, 0.15) is 40.0 Å². The van der Waals surface area contributed by atoms with Crippen LogP contribution in [0.4, 0.5) is 0 Å². The fourth-order valence-electron chi connectivity index (χ4n) is 3.16. The van der Waals surface area contributed by atoms with Gasteiger partial charge in [0.15, 0.2) is 0 Å². The van der Waals surface area contributed by atoms with Crippen LogP contribution in [0.15, 0.2) is 0 Å². The van der Waals surface area contributed by atoms with E-state index >= 15 is 0 Å². The Morgan fingerprint density at radius 2 is 1.83 bits per heavy atom. The molecule has 0 unspecified atom stereocenters. The maximum atomic E-state index is 9.81. The largest absolute Gasteiger partial charge is 0.393 e. The third-order valence-electron chi connectivity index (χ3n) is 4.75. The third-order valence-corrected chi connectivity index (χ3v) is 4.75. The zero-order valence-corrected chi connectivity index (χ0v) is 9.51. The molecular weight excluding hydrogens is 244 g/mol. The molecule has 0 aromatic heterocycles. The molecule has 0 aromatic carbocycles. The van der Waals surface area contributed by atoms with Gasteiger partial charge in [0.2, 0.25) is 0 Å². The van der Waals surface area contributed by atoms with Gasteiger partial charge in [-0.2, -0.15) is 0 Å². The summed E-state index contributed by atoms with van der Waals surface area (Å²) in [6, 6.07) is 0. The summed E-state index contributed by atoms with van der Waals surface area (Å²) < 4.78 is 0. The number of aliphatic hydroxyl groups excluding tert-OH is 1. The van der Waals surface area contributed by atoms with Crippen LogP contribution in [0.25, 0.3) is 0 Å². The Morgan fingerprint density at radius 3 is 2.00 bits per heavy atom. The second kappa shape index (κ2) is 2.84. The van der Waals surface area contributed by atoms with Crippen molar-refractivity contribution < 1.29 is 27.5 Å². The van der Waals surface area contributed by atoms with Crippen LogP contribution in [0.2, 0.25) is 0 Å². The summed E-state index contributed by atoms with van der Waals surface area (Å²) in [4.78, 5) is 0. The molecule has 3 atom stereocenters. The summed E-state index contributed by atoms with van der Waals surface area (Å²) in [7, 11) is 0. The number of hydrogen-bond acceptors (Lipinski definition) is 1. The predicted molar refractivity (Wildman–Crippen MR) is 45.2 cm³/mol. The molecule has 0 aromatic rings. The molecule has 1 nitrogen and oxygen atoms in total. The fraction of sp³-hybridized carbons (Fsp3) is 1.00. The average molecular weight is 262 g/mol. The van der Waals surface area contributed by atoms with E-state index in [0.717, 1.165) is 12.3 Å². The van der Waals surface area contributed by atoms with Crippen molar-refractivity contribution in [2.24, 2.45) is 16.7 Å². The molecule has 0 saturated heterocycles. The van der Waals surface area contributed by atoms with Gasteiger partial charge in [0.1, 0.15) is 0 Å². The average Bonchev–Trinajstić information content (AvgIpc) is 2.20. The summed E-state index contributed by atoms with van der Waals surface area (Å²) in [6.07, 6.45) is 3.58. The monoisotopic (exact) mass is 261 g/mol. The van der Waals surface area contributed by atoms with Gasteiger partial charge in [0.05, 0.1) is 6.10 Å². The van der Waals surface area contributed by atoms with E-state index in [-0.39, 0.29) is 33.9 Å². The van der Waals surface area contributed by atoms with Gasteiger partial charge in [-0.15, -0.1) is 0 Å². The topological polar surface area (TPSA) is 20.2 Å². The quantitative estimate of drug-likeness (QED) is 0.663. The van der Waals surface area contributed by atoms with Crippen LogP contribution in [-0.2, 0) is 22.4 Å². The van der Waals surface area contributed by atoms with Crippen molar-refractivity contribution in [2.45, 2.75) is 46.1 Å². The van der Waals surface area contributed by atoms with Crippen molar-refractivity contribution in [2.75, 3.05) is 0 Å². The molecule has 0 heterocycles. The molecule has 0 amide bonds. The van der Waals surface area contributed by atoms with Gasteiger partial charge in [-0.25, -0.2) is 0 Å². The van der Waals surface area contributed by atoms with E-state index in [0.29, 0.717) is 5.41 Å². The smallest absolute Gasteiger partial charge is 0.0601 e. The molecule has 1 N–H and O–H groups in total.